The van der Waals surface area contributed by atoms with E-state index in [1.54, 1.807) is 0 Å². The molecular weight excluding hydrogens is 154 g/mol. The fraction of sp³-hybridized carbons (Fsp3) is 0.889. The molecular formula is C9H17NO2. The van der Waals surface area contributed by atoms with E-state index in [1.165, 1.54) is 0 Å². The topological polar surface area (TPSA) is 63.3 Å². The molecule has 70 valence electrons. The molecule has 1 atom stereocenters. The monoisotopic (exact) mass is 171 g/mol. The maximum Gasteiger partial charge on any atom is 0.220 e. The normalized spacial score (nSPS) is 32.8. The van der Waals surface area contributed by atoms with Crippen LogP contribution >= 0.6 is 0 Å². The minimum Gasteiger partial charge on any atom is -0.393 e. The molecule has 1 rings (SSSR count). The number of aliphatic hydroxyl groups excluding tert-OH is 1. The van der Waals surface area contributed by atoms with Crippen LogP contribution in [0.25, 0.3) is 0 Å². The van der Waals surface area contributed by atoms with Gasteiger partial charge in [0.25, 0.3) is 0 Å². The summed E-state index contributed by atoms with van der Waals surface area (Å²) in [5, 5.41) is 9.23. The summed E-state index contributed by atoms with van der Waals surface area (Å²) in [6, 6.07) is 0. The molecule has 0 aromatic heterocycles. The van der Waals surface area contributed by atoms with Gasteiger partial charge in [0, 0.05) is 5.92 Å². The molecule has 0 saturated heterocycles. The molecule has 3 heteroatoms. The van der Waals surface area contributed by atoms with E-state index in [4.69, 9.17) is 5.73 Å². The summed E-state index contributed by atoms with van der Waals surface area (Å²) in [5.74, 6) is 0.153. The number of nitrogens with two attached hydrogens (primary N) is 1. The third-order valence-corrected chi connectivity index (χ3v) is 2.90. The Bertz CT molecular complexity index is 162. The Morgan fingerprint density at radius 2 is 1.92 bits per heavy atom. The second-order valence-electron chi connectivity index (χ2n) is 3.76. The zero-order chi connectivity index (χ0) is 9.14. The first-order valence-electron chi connectivity index (χ1n) is 4.58. The summed E-state index contributed by atoms with van der Waals surface area (Å²) < 4.78 is 0. The predicted molar refractivity (Wildman–Crippen MR) is 46.3 cm³/mol. The van der Waals surface area contributed by atoms with Crippen LogP contribution in [0, 0.1) is 11.8 Å². The van der Waals surface area contributed by atoms with E-state index in [0.29, 0.717) is 5.92 Å². The van der Waals surface area contributed by atoms with Crippen molar-refractivity contribution in [3.05, 3.63) is 0 Å². The number of aliphatic hydroxyl groups is 1. The molecule has 0 bridgehead atoms. The average molecular weight is 171 g/mol. The number of carbonyl (C=O) groups excluding carboxylic acids is 1. The van der Waals surface area contributed by atoms with Crippen molar-refractivity contribution in [2.75, 3.05) is 0 Å². The first-order valence-corrected chi connectivity index (χ1v) is 4.58. The van der Waals surface area contributed by atoms with Gasteiger partial charge in [-0.15, -0.1) is 0 Å². The van der Waals surface area contributed by atoms with Crippen molar-refractivity contribution in [3.63, 3.8) is 0 Å². The highest BCUT2D eigenvalue weighted by Gasteiger charge is 2.26. The molecule has 3 N–H and O–H groups in total. The Morgan fingerprint density at radius 1 is 1.42 bits per heavy atom. The predicted octanol–water partition coefficient (Wildman–Crippen LogP) is 0.659. The molecule has 1 fully saturated rings. The molecule has 0 heterocycles. The van der Waals surface area contributed by atoms with Gasteiger partial charge in [-0.2, -0.15) is 0 Å². The molecule has 0 aliphatic heterocycles. The van der Waals surface area contributed by atoms with Gasteiger partial charge >= 0.3 is 0 Å². The molecule has 0 spiro atoms. The number of amides is 1. The summed E-state index contributed by atoms with van der Waals surface area (Å²) in [7, 11) is 0. The van der Waals surface area contributed by atoms with E-state index in [9.17, 15) is 9.90 Å². The van der Waals surface area contributed by atoms with E-state index < -0.39 is 0 Å². The van der Waals surface area contributed by atoms with Crippen LogP contribution in [0.4, 0.5) is 0 Å². The largest absolute Gasteiger partial charge is 0.393 e. The maximum absolute atomic E-state index is 10.8. The van der Waals surface area contributed by atoms with Gasteiger partial charge < -0.3 is 10.8 Å². The number of hydrogen-bond donors (Lipinski definition) is 2. The third-order valence-electron chi connectivity index (χ3n) is 2.90. The van der Waals surface area contributed by atoms with Crippen molar-refractivity contribution >= 4 is 5.91 Å². The number of carbonyl (C=O) groups is 1. The molecule has 12 heavy (non-hydrogen) atoms. The quantitative estimate of drug-likeness (QED) is 0.641. The molecule has 1 aliphatic rings. The zero-order valence-corrected chi connectivity index (χ0v) is 7.49. The summed E-state index contributed by atoms with van der Waals surface area (Å²) >= 11 is 0. The number of primary amides is 1. The van der Waals surface area contributed by atoms with Crippen LogP contribution in [0.5, 0.6) is 0 Å². The van der Waals surface area contributed by atoms with E-state index in [1.807, 2.05) is 6.92 Å². The van der Waals surface area contributed by atoms with Crippen LogP contribution in [0.1, 0.15) is 32.6 Å². The van der Waals surface area contributed by atoms with Gasteiger partial charge in [0.2, 0.25) is 5.91 Å². The van der Waals surface area contributed by atoms with E-state index in [-0.39, 0.29) is 17.9 Å². The first-order chi connectivity index (χ1) is 5.61. The summed E-state index contributed by atoms with van der Waals surface area (Å²) in [6.45, 7) is 1.88. The highest BCUT2D eigenvalue weighted by atomic mass is 16.3. The fourth-order valence-electron chi connectivity index (χ4n) is 1.83. The lowest BCUT2D eigenvalue weighted by Gasteiger charge is -2.28. The van der Waals surface area contributed by atoms with Crippen molar-refractivity contribution in [1.29, 1.82) is 0 Å². The Morgan fingerprint density at radius 3 is 2.33 bits per heavy atom. The molecule has 0 aromatic rings. The second-order valence-corrected chi connectivity index (χ2v) is 3.76. The van der Waals surface area contributed by atoms with Crippen molar-refractivity contribution in [2.24, 2.45) is 17.6 Å². The van der Waals surface area contributed by atoms with E-state index in [0.717, 1.165) is 25.7 Å². The van der Waals surface area contributed by atoms with Crippen LogP contribution in [0.15, 0.2) is 0 Å². The van der Waals surface area contributed by atoms with E-state index in [2.05, 4.69) is 0 Å². The van der Waals surface area contributed by atoms with Crippen molar-refractivity contribution < 1.29 is 9.90 Å². The lowest BCUT2D eigenvalue weighted by Crippen LogP contribution is -2.31. The number of hydrogen-bond acceptors (Lipinski definition) is 2. The van der Waals surface area contributed by atoms with E-state index >= 15 is 0 Å². The lowest BCUT2D eigenvalue weighted by atomic mass is 9.79. The SMILES string of the molecule is CC(C(N)=O)C1CCC(O)CC1. The highest BCUT2D eigenvalue weighted by Crippen LogP contribution is 2.29. The molecule has 1 saturated carbocycles. The summed E-state index contributed by atoms with van der Waals surface area (Å²) in [6.07, 6.45) is 3.36. The molecule has 1 unspecified atom stereocenters. The van der Waals surface area contributed by atoms with Crippen molar-refractivity contribution in [1.82, 2.24) is 0 Å². The summed E-state index contributed by atoms with van der Waals surface area (Å²) in [4.78, 5) is 10.8. The Balaban J connectivity index is 2.39. The fourth-order valence-corrected chi connectivity index (χ4v) is 1.83. The smallest absolute Gasteiger partial charge is 0.220 e. The van der Waals surface area contributed by atoms with Crippen molar-refractivity contribution in [3.8, 4) is 0 Å². The van der Waals surface area contributed by atoms with Gasteiger partial charge in [0.1, 0.15) is 0 Å². The molecule has 0 radical (unpaired) electrons. The van der Waals surface area contributed by atoms with Crippen LogP contribution in [0.3, 0.4) is 0 Å². The van der Waals surface area contributed by atoms with Crippen LogP contribution in [-0.4, -0.2) is 17.1 Å². The van der Waals surface area contributed by atoms with Gasteiger partial charge in [-0.05, 0) is 31.6 Å². The summed E-state index contributed by atoms with van der Waals surface area (Å²) in [5.41, 5.74) is 5.20. The second kappa shape index (κ2) is 3.90. The highest BCUT2D eigenvalue weighted by molar-refractivity contribution is 5.76. The minimum absolute atomic E-state index is 0.0301. The van der Waals surface area contributed by atoms with Crippen LogP contribution < -0.4 is 5.73 Å². The van der Waals surface area contributed by atoms with Gasteiger partial charge in [-0.1, -0.05) is 6.92 Å². The van der Waals surface area contributed by atoms with Gasteiger partial charge in [-0.25, -0.2) is 0 Å². The van der Waals surface area contributed by atoms with Gasteiger partial charge in [0.05, 0.1) is 6.10 Å². The Kier molecular flexibility index (Phi) is 3.09. The molecule has 1 amide bonds. The molecule has 1 aliphatic carbocycles. The Hall–Kier alpha value is -0.570. The minimum atomic E-state index is -0.212. The van der Waals surface area contributed by atoms with Gasteiger partial charge in [0.15, 0.2) is 0 Å². The van der Waals surface area contributed by atoms with Gasteiger partial charge in [-0.3, -0.25) is 4.79 Å². The van der Waals surface area contributed by atoms with Crippen LogP contribution in [-0.2, 0) is 4.79 Å². The number of rotatable bonds is 2. The third kappa shape index (κ3) is 2.21. The maximum atomic E-state index is 10.8. The zero-order valence-electron chi connectivity index (χ0n) is 7.49. The molecule has 3 nitrogen and oxygen atoms in total. The first kappa shape index (κ1) is 9.52. The van der Waals surface area contributed by atoms with Crippen LogP contribution in [0.2, 0.25) is 0 Å². The van der Waals surface area contributed by atoms with Crippen molar-refractivity contribution in [2.45, 2.75) is 38.7 Å². The lowest BCUT2D eigenvalue weighted by molar-refractivity contribution is -0.123. The average Bonchev–Trinajstić information content (AvgIpc) is 2.04. The standard InChI is InChI=1S/C9H17NO2/c1-6(9(10)12)7-2-4-8(11)5-3-7/h6-8,11H,2-5H2,1H3,(H2,10,12). The Labute approximate surface area is 72.9 Å². The molecule has 0 aromatic carbocycles.